The van der Waals surface area contributed by atoms with E-state index < -0.39 is 21.7 Å². The Bertz CT molecular complexity index is 1100. The van der Waals surface area contributed by atoms with Crippen molar-refractivity contribution in [2.75, 3.05) is 0 Å². The molecule has 1 heterocycles. The fourth-order valence-corrected chi connectivity index (χ4v) is 3.58. The predicted molar refractivity (Wildman–Crippen MR) is 109 cm³/mol. The van der Waals surface area contributed by atoms with Crippen LogP contribution in [0.2, 0.25) is 0 Å². The largest absolute Gasteiger partial charge is 0.285 e. The van der Waals surface area contributed by atoms with Gasteiger partial charge in [0.15, 0.2) is 4.32 Å². The second-order valence-corrected chi connectivity index (χ2v) is 7.26. The molecule has 1 aliphatic rings. The van der Waals surface area contributed by atoms with Crippen LogP contribution in [0, 0.1) is 20.2 Å². The minimum absolute atomic E-state index is 0.0126. The molecular weight excluding hydrogens is 420 g/mol. The summed E-state index contributed by atoms with van der Waals surface area (Å²) in [5, 5.41) is 22.8. The lowest BCUT2D eigenvalue weighted by atomic mass is 10.1. The number of rotatable bonds is 5. The summed E-state index contributed by atoms with van der Waals surface area (Å²) in [5.41, 5.74) is 2.02. The summed E-state index contributed by atoms with van der Waals surface area (Å²) in [4.78, 5) is 45.8. The summed E-state index contributed by atoms with van der Waals surface area (Å²) in [6, 6.07) is 10.9. The first kappa shape index (κ1) is 20.1. The molecule has 0 radical (unpaired) electrons. The van der Waals surface area contributed by atoms with Crippen LogP contribution in [0.5, 0.6) is 0 Å². The molecule has 2 aromatic rings. The highest BCUT2D eigenvalue weighted by Gasteiger charge is 2.34. The standard InChI is InChI=1S/C17H10N4O6S2/c22-15(11-5-3-6-12(8-11)20(24)25)18-19-16(23)14(29-17(19)28)9-10-4-1-2-7-13(10)21(26)27/h1-9H,(H,18,22)/b14-9+. The Balaban J connectivity index is 1.83. The van der Waals surface area contributed by atoms with E-state index in [4.69, 9.17) is 12.2 Å². The van der Waals surface area contributed by atoms with E-state index in [0.717, 1.165) is 22.8 Å². The van der Waals surface area contributed by atoms with Crippen LogP contribution >= 0.6 is 24.0 Å². The van der Waals surface area contributed by atoms with E-state index in [-0.39, 0.29) is 31.7 Å². The van der Waals surface area contributed by atoms with Crippen molar-refractivity contribution in [1.29, 1.82) is 0 Å². The highest BCUT2D eigenvalue weighted by molar-refractivity contribution is 8.26. The second kappa shape index (κ2) is 8.16. The molecule has 0 aliphatic carbocycles. The molecule has 0 spiro atoms. The Hall–Kier alpha value is -3.64. The van der Waals surface area contributed by atoms with Crippen LogP contribution in [0.25, 0.3) is 6.08 Å². The Labute approximate surface area is 172 Å². The highest BCUT2D eigenvalue weighted by atomic mass is 32.2. The number of carbonyl (C=O) groups is 2. The van der Waals surface area contributed by atoms with Gasteiger partial charge in [0.1, 0.15) is 0 Å². The van der Waals surface area contributed by atoms with Crippen molar-refractivity contribution in [1.82, 2.24) is 10.4 Å². The number of hydrazine groups is 1. The van der Waals surface area contributed by atoms with Gasteiger partial charge in [0.25, 0.3) is 23.2 Å². The molecule has 29 heavy (non-hydrogen) atoms. The lowest BCUT2D eigenvalue weighted by Gasteiger charge is -2.15. The van der Waals surface area contributed by atoms with E-state index >= 15 is 0 Å². The number of nitrogens with one attached hydrogen (secondary N) is 1. The van der Waals surface area contributed by atoms with Gasteiger partial charge in [-0.25, -0.2) is 0 Å². The zero-order chi connectivity index (χ0) is 21.1. The molecular formula is C17H10N4O6S2. The second-order valence-electron chi connectivity index (χ2n) is 5.58. The van der Waals surface area contributed by atoms with E-state index in [2.05, 4.69) is 5.43 Å². The number of para-hydroxylation sites is 1. The Kier molecular flexibility index (Phi) is 5.66. The van der Waals surface area contributed by atoms with Crippen LogP contribution in [0.15, 0.2) is 53.4 Å². The molecule has 12 heteroatoms. The van der Waals surface area contributed by atoms with Gasteiger partial charge in [-0.05, 0) is 30.4 Å². The average molecular weight is 430 g/mol. The third-order valence-corrected chi connectivity index (χ3v) is 5.05. The monoisotopic (exact) mass is 430 g/mol. The quantitative estimate of drug-likeness (QED) is 0.331. The molecule has 0 atom stereocenters. The third kappa shape index (κ3) is 4.28. The maximum atomic E-state index is 12.6. The number of non-ortho nitro benzene ring substituents is 1. The Morgan fingerprint density at radius 2 is 1.83 bits per heavy atom. The normalized spacial score (nSPS) is 14.9. The molecule has 146 valence electrons. The Morgan fingerprint density at radius 1 is 1.10 bits per heavy atom. The van der Waals surface area contributed by atoms with Crippen molar-refractivity contribution in [2.45, 2.75) is 0 Å². The van der Waals surface area contributed by atoms with Crippen molar-refractivity contribution in [3.05, 3.63) is 84.8 Å². The molecule has 1 N–H and O–H groups in total. The molecule has 1 fully saturated rings. The van der Waals surface area contributed by atoms with Gasteiger partial charge in [-0.1, -0.05) is 30.0 Å². The summed E-state index contributed by atoms with van der Waals surface area (Å²) in [7, 11) is 0. The number of amides is 2. The summed E-state index contributed by atoms with van der Waals surface area (Å²) in [6.07, 6.45) is 1.32. The van der Waals surface area contributed by atoms with E-state index in [1.54, 1.807) is 6.07 Å². The van der Waals surface area contributed by atoms with Crippen LogP contribution in [0.1, 0.15) is 15.9 Å². The number of carbonyl (C=O) groups excluding carboxylic acids is 2. The first-order valence-electron chi connectivity index (χ1n) is 7.85. The van der Waals surface area contributed by atoms with Gasteiger partial charge in [0.2, 0.25) is 0 Å². The van der Waals surface area contributed by atoms with E-state index in [1.165, 1.54) is 42.5 Å². The number of benzene rings is 2. The minimum Gasteiger partial charge on any atom is -0.267 e. The molecule has 2 amide bonds. The number of thiocarbonyl (C=S) groups is 1. The topological polar surface area (TPSA) is 136 Å². The number of nitrogens with zero attached hydrogens (tertiary/aromatic N) is 3. The molecule has 0 bridgehead atoms. The number of nitro groups is 2. The van der Waals surface area contributed by atoms with Gasteiger partial charge in [0, 0.05) is 23.8 Å². The zero-order valence-electron chi connectivity index (χ0n) is 14.3. The molecule has 0 unspecified atom stereocenters. The van der Waals surface area contributed by atoms with Gasteiger partial charge in [-0.3, -0.25) is 35.2 Å². The van der Waals surface area contributed by atoms with Crippen LogP contribution in [-0.2, 0) is 4.79 Å². The molecule has 1 aliphatic heterocycles. The van der Waals surface area contributed by atoms with Crippen molar-refractivity contribution < 1.29 is 19.4 Å². The molecule has 0 saturated carbocycles. The molecule has 10 nitrogen and oxygen atoms in total. The van der Waals surface area contributed by atoms with Crippen molar-refractivity contribution in [3.63, 3.8) is 0 Å². The highest BCUT2D eigenvalue weighted by Crippen LogP contribution is 2.33. The molecule has 3 rings (SSSR count). The molecule has 0 aromatic heterocycles. The van der Waals surface area contributed by atoms with Crippen molar-refractivity contribution in [3.8, 4) is 0 Å². The number of thioether (sulfide) groups is 1. The zero-order valence-corrected chi connectivity index (χ0v) is 15.9. The maximum absolute atomic E-state index is 12.6. The number of hydrogen-bond acceptors (Lipinski definition) is 8. The van der Waals surface area contributed by atoms with Gasteiger partial charge < -0.3 is 0 Å². The van der Waals surface area contributed by atoms with Crippen molar-refractivity contribution in [2.24, 2.45) is 0 Å². The third-order valence-electron chi connectivity index (χ3n) is 3.75. The fraction of sp³-hybridized carbons (Fsp3) is 0. The number of nitro benzene ring substituents is 2. The van der Waals surface area contributed by atoms with Crippen LogP contribution < -0.4 is 5.43 Å². The molecule has 2 aromatic carbocycles. The summed E-state index contributed by atoms with van der Waals surface area (Å²) >= 11 is 5.97. The first-order chi connectivity index (χ1) is 13.8. The van der Waals surface area contributed by atoms with Gasteiger partial charge in [-0.2, -0.15) is 5.01 Å². The summed E-state index contributed by atoms with van der Waals surface area (Å²) in [6.45, 7) is 0. The van der Waals surface area contributed by atoms with E-state index in [1.807, 2.05) is 0 Å². The van der Waals surface area contributed by atoms with Gasteiger partial charge in [0.05, 0.1) is 20.3 Å². The van der Waals surface area contributed by atoms with Crippen molar-refractivity contribution >= 4 is 57.6 Å². The Morgan fingerprint density at radius 3 is 2.52 bits per heavy atom. The predicted octanol–water partition coefficient (Wildman–Crippen LogP) is 3.05. The molecule has 1 saturated heterocycles. The lowest BCUT2D eigenvalue weighted by molar-refractivity contribution is -0.385. The lowest BCUT2D eigenvalue weighted by Crippen LogP contribution is -2.44. The first-order valence-corrected chi connectivity index (χ1v) is 9.07. The van der Waals surface area contributed by atoms with E-state index in [9.17, 15) is 29.8 Å². The van der Waals surface area contributed by atoms with Gasteiger partial charge in [-0.15, -0.1) is 0 Å². The van der Waals surface area contributed by atoms with Gasteiger partial charge >= 0.3 is 0 Å². The number of hydrogen-bond donors (Lipinski definition) is 1. The smallest absolute Gasteiger partial charge is 0.267 e. The summed E-state index contributed by atoms with van der Waals surface area (Å²) < 4.78 is 0.0126. The minimum atomic E-state index is -0.767. The van der Waals surface area contributed by atoms with E-state index in [0.29, 0.717) is 0 Å². The maximum Gasteiger partial charge on any atom is 0.285 e. The SMILES string of the molecule is O=C(NN1C(=O)/C(=C\c2ccccc2[N+](=O)[O-])SC1=S)c1cccc([N+](=O)[O-])c1. The van der Waals surface area contributed by atoms with Crippen LogP contribution in [0.4, 0.5) is 11.4 Å². The van der Waals surface area contributed by atoms with Crippen LogP contribution in [-0.4, -0.2) is 31.0 Å². The van der Waals surface area contributed by atoms with Crippen LogP contribution in [0.3, 0.4) is 0 Å². The summed E-state index contributed by atoms with van der Waals surface area (Å²) in [5.74, 6) is -1.44. The average Bonchev–Trinajstić information content (AvgIpc) is 2.95. The fourth-order valence-electron chi connectivity index (χ4n) is 2.41.